The summed E-state index contributed by atoms with van der Waals surface area (Å²) in [5.41, 5.74) is 1.04. The summed E-state index contributed by atoms with van der Waals surface area (Å²) < 4.78 is 27.1. The van der Waals surface area contributed by atoms with Gasteiger partial charge < -0.3 is 10.2 Å². The molecule has 0 aliphatic carbocycles. The number of carbonyl (C=O) groups excluding carboxylic acids is 1. The molecule has 29 heavy (non-hydrogen) atoms. The van der Waals surface area contributed by atoms with Crippen LogP contribution in [0.2, 0.25) is 0 Å². The number of hydrogen-bond donors (Lipinski definition) is 1. The fraction of sp³-hybridized carbons (Fsp3) is 0.682. The summed E-state index contributed by atoms with van der Waals surface area (Å²) in [7, 11) is -3.43. The van der Waals surface area contributed by atoms with Crippen LogP contribution in [0.5, 0.6) is 0 Å². The van der Waals surface area contributed by atoms with Crippen LogP contribution in [-0.4, -0.2) is 62.3 Å². The Kier molecular flexibility index (Phi) is 7.71. The van der Waals surface area contributed by atoms with Crippen molar-refractivity contribution in [2.75, 3.05) is 32.7 Å². The van der Waals surface area contributed by atoms with Crippen LogP contribution in [-0.2, 0) is 14.8 Å². The molecule has 2 heterocycles. The summed E-state index contributed by atoms with van der Waals surface area (Å²) in [5, 5.41) is 3.06. The maximum absolute atomic E-state index is 12.8. The molecule has 2 aliphatic heterocycles. The predicted octanol–water partition coefficient (Wildman–Crippen LogP) is 2.78. The van der Waals surface area contributed by atoms with Gasteiger partial charge in [-0.05, 0) is 77.1 Å². The third kappa shape index (κ3) is 6.03. The zero-order chi connectivity index (χ0) is 20.9. The van der Waals surface area contributed by atoms with Crippen LogP contribution in [0, 0.1) is 12.8 Å². The van der Waals surface area contributed by atoms with Crippen LogP contribution in [0.15, 0.2) is 29.2 Å². The fourth-order valence-corrected chi connectivity index (χ4v) is 5.80. The molecule has 1 aromatic rings. The van der Waals surface area contributed by atoms with Crippen LogP contribution in [0.1, 0.15) is 51.0 Å². The molecule has 0 aromatic heterocycles. The number of nitrogens with zero attached hydrogens (tertiary/aromatic N) is 2. The van der Waals surface area contributed by atoms with Gasteiger partial charge >= 0.3 is 0 Å². The Morgan fingerprint density at radius 3 is 2.34 bits per heavy atom. The highest BCUT2D eigenvalue weighted by atomic mass is 32.2. The van der Waals surface area contributed by atoms with E-state index >= 15 is 0 Å². The van der Waals surface area contributed by atoms with Crippen LogP contribution >= 0.6 is 0 Å². The molecule has 3 rings (SSSR count). The lowest BCUT2D eigenvalue weighted by Crippen LogP contribution is -2.40. The van der Waals surface area contributed by atoms with Crippen molar-refractivity contribution in [2.24, 2.45) is 5.92 Å². The van der Waals surface area contributed by atoms with Gasteiger partial charge in [0.15, 0.2) is 0 Å². The number of nitrogens with one attached hydrogen (secondary N) is 1. The minimum absolute atomic E-state index is 0.0958. The average molecular weight is 422 g/mol. The van der Waals surface area contributed by atoms with Crippen LogP contribution in [0.25, 0.3) is 0 Å². The van der Waals surface area contributed by atoms with Crippen molar-refractivity contribution in [3.8, 4) is 0 Å². The molecule has 6 nitrogen and oxygen atoms in total. The van der Waals surface area contributed by atoms with Crippen LogP contribution < -0.4 is 5.32 Å². The highest BCUT2D eigenvalue weighted by molar-refractivity contribution is 7.89. The minimum atomic E-state index is -3.43. The zero-order valence-electron chi connectivity index (χ0n) is 17.8. The van der Waals surface area contributed by atoms with Crippen molar-refractivity contribution < 1.29 is 13.2 Å². The molecule has 1 amide bonds. The summed E-state index contributed by atoms with van der Waals surface area (Å²) in [6.07, 6.45) is 5.53. The number of likely N-dealkylation sites (tertiary alicyclic amines) is 1. The Bertz CT molecular complexity index is 765. The molecule has 2 fully saturated rings. The third-order valence-electron chi connectivity index (χ3n) is 6.35. The molecule has 1 N–H and O–H groups in total. The largest absolute Gasteiger partial charge is 0.356 e. The van der Waals surface area contributed by atoms with Gasteiger partial charge in [0, 0.05) is 32.1 Å². The van der Waals surface area contributed by atoms with E-state index in [2.05, 4.69) is 17.1 Å². The SMILES string of the molecule is Cc1ccc(S(=O)(=O)N2CCC(CC(=O)NCC[C@H](C)N3CCCC3)CC2)cc1. The summed E-state index contributed by atoms with van der Waals surface area (Å²) in [6, 6.07) is 7.53. The van der Waals surface area contributed by atoms with E-state index in [0.29, 0.717) is 30.4 Å². The fourth-order valence-electron chi connectivity index (χ4n) is 4.33. The normalized spacial score (nSPS) is 20.6. The second-order valence-electron chi connectivity index (χ2n) is 8.60. The van der Waals surface area contributed by atoms with E-state index in [1.165, 1.54) is 25.9 Å². The zero-order valence-corrected chi connectivity index (χ0v) is 18.6. The van der Waals surface area contributed by atoms with Crippen LogP contribution in [0.3, 0.4) is 0 Å². The number of amides is 1. The number of rotatable bonds is 8. The second kappa shape index (κ2) is 10.0. The summed E-state index contributed by atoms with van der Waals surface area (Å²) in [6.45, 7) is 8.23. The van der Waals surface area contributed by atoms with Crippen molar-refractivity contribution in [3.63, 3.8) is 0 Å². The van der Waals surface area contributed by atoms with Gasteiger partial charge in [-0.2, -0.15) is 4.31 Å². The van der Waals surface area contributed by atoms with Gasteiger partial charge in [0.25, 0.3) is 0 Å². The Morgan fingerprint density at radius 1 is 1.10 bits per heavy atom. The summed E-state index contributed by atoms with van der Waals surface area (Å²) >= 11 is 0. The lowest BCUT2D eigenvalue weighted by molar-refractivity contribution is -0.122. The number of piperidine rings is 1. The minimum Gasteiger partial charge on any atom is -0.356 e. The van der Waals surface area contributed by atoms with E-state index in [1.807, 2.05) is 19.1 Å². The Balaban J connectivity index is 1.39. The molecule has 162 valence electrons. The first-order valence-electron chi connectivity index (χ1n) is 10.9. The Labute approximate surface area is 175 Å². The van der Waals surface area contributed by atoms with Crippen molar-refractivity contribution in [1.82, 2.24) is 14.5 Å². The van der Waals surface area contributed by atoms with E-state index < -0.39 is 10.0 Å². The van der Waals surface area contributed by atoms with Gasteiger partial charge in [-0.25, -0.2) is 8.42 Å². The molecule has 1 atom stereocenters. The van der Waals surface area contributed by atoms with Crippen molar-refractivity contribution in [2.45, 2.75) is 63.3 Å². The first kappa shape index (κ1) is 22.2. The third-order valence-corrected chi connectivity index (χ3v) is 8.27. The molecular formula is C22H35N3O3S. The highest BCUT2D eigenvalue weighted by Crippen LogP contribution is 2.25. The molecule has 0 bridgehead atoms. The van der Waals surface area contributed by atoms with Crippen molar-refractivity contribution in [1.29, 1.82) is 0 Å². The van der Waals surface area contributed by atoms with Gasteiger partial charge in [-0.15, -0.1) is 0 Å². The first-order valence-corrected chi connectivity index (χ1v) is 12.4. The van der Waals surface area contributed by atoms with E-state index in [1.54, 1.807) is 16.4 Å². The van der Waals surface area contributed by atoms with Crippen LogP contribution in [0.4, 0.5) is 0 Å². The number of sulfonamides is 1. The lowest BCUT2D eigenvalue weighted by Gasteiger charge is -2.31. The summed E-state index contributed by atoms with van der Waals surface area (Å²) in [5.74, 6) is 0.355. The first-order chi connectivity index (χ1) is 13.9. The molecule has 2 saturated heterocycles. The molecule has 0 radical (unpaired) electrons. The smallest absolute Gasteiger partial charge is 0.243 e. The molecule has 1 aromatic carbocycles. The second-order valence-corrected chi connectivity index (χ2v) is 10.5. The van der Waals surface area contributed by atoms with Crippen molar-refractivity contribution in [3.05, 3.63) is 29.8 Å². The monoisotopic (exact) mass is 421 g/mol. The topological polar surface area (TPSA) is 69.7 Å². The molecule has 7 heteroatoms. The van der Waals surface area contributed by atoms with Crippen molar-refractivity contribution >= 4 is 15.9 Å². The molecular weight excluding hydrogens is 386 g/mol. The molecule has 0 spiro atoms. The van der Waals surface area contributed by atoms with E-state index in [0.717, 1.165) is 31.4 Å². The van der Waals surface area contributed by atoms with Gasteiger partial charge in [-0.1, -0.05) is 17.7 Å². The summed E-state index contributed by atoms with van der Waals surface area (Å²) in [4.78, 5) is 15.1. The quantitative estimate of drug-likeness (QED) is 0.701. The number of aryl methyl sites for hydroxylation is 1. The number of carbonyl (C=O) groups is 1. The van der Waals surface area contributed by atoms with Gasteiger partial charge in [0.2, 0.25) is 15.9 Å². The number of benzene rings is 1. The van der Waals surface area contributed by atoms with E-state index in [9.17, 15) is 13.2 Å². The number of hydrogen-bond acceptors (Lipinski definition) is 4. The Hall–Kier alpha value is -1.44. The molecule has 0 unspecified atom stereocenters. The maximum atomic E-state index is 12.8. The maximum Gasteiger partial charge on any atom is 0.243 e. The average Bonchev–Trinajstić information content (AvgIpc) is 3.24. The van der Waals surface area contributed by atoms with Gasteiger partial charge in [-0.3, -0.25) is 4.79 Å². The predicted molar refractivity (Wildman–Crippen MR) is 115 cm³/mol. The Morgan fingerprint density at radius 2 is 1.72 bits per heavy atom. The van der Waals surface area contributed by atoms with Gasteiger partial charge in [0.05, 0.1) is 4.90 Å². The molecule has 0 saturated carbocycles. The van der Waals surface area contributed by atoms with Gasteiger partial charge in [0.1, 0.15) is 0 Å². The standard InChI is InChI=1S/C22H35N3O3S/c1-18-5-7-21(8-6-18)29(27,28)25-15-10-20(11-16-25)17-22(26)23-12-9-19(2)24-13-3-4-14-24/h5-8,19-20H,3-4,9-17H2,1-2H3,(H,23,26)/t19-/m0/s1. The van der Waals surface area contributed by atoms with E-state index in [4.69, 9.17) is 0 Å². The molecule has 2 aliphatic rings. The lowest BCUT2D eigenvalue weighted by atomic mass is 9.94. The van der Waals surface area contributed by atoms with E-state index in [-0.39, 0.29) is 11.8 Å². The highest BCUT2D eigenvalue weighted by Gasteiger charge is 2.30.